The number of likely N-dealkylation sites (tertiary alicyclic amines) is 2. The molecule has 0 atom stereocenters. The molecule has 8 rings (SSSR count). The highest BCUT2D eigenvalue weighted by molar-refractivity contribution is 7.89. The monoisotopic (exact) mass is 1150 g/mol. The Bertz CT molecular complexity index is 2830. The lowest BCUT2D eigenvalue weighted by Gasteiger charge is -2.28. The maximum absolute atomic E-state index is 13.2. The second-order valence-corrected chi connectivity index (χ2v) is 24.5. The van der Waals surface area contributed by atoms with Gasteiger partial charge in [-0.05, 0) is 126 Å². The van der Waals surface area contributed by atoms with Gasteiger partial charge in [-0.3, -0.25) is 14.6 Å². The highest BCUT2D eigenvalue weighted by atomic mass is 35.5. The number of imidazole rings is 2. The smallest absolute Gasteiger partial charge is 0.329 e. The number of aryl methyl sites for hydroxylation is 4. The SMILES string of the molecule is COc1cc(C)c(S(=O)(=O)N(C)CCOCC(=O)N2CCn3c(nc(CN4CCCCC4)c3Cl)C2)c(C)c1.COc1cc(C)c(S(=O)(=O)N(C)CCOCC(=O)O)c(C)c1.Clc1c(CN2CCCCC2)nc2n1CCNC2. The molecule has 2 aromatic carbocycles. The third-order valence-corrected chi connectivity index (χ3v) is 19.2. The number of hydrogen-bond donors (Lipinski definition) is 2. The molecular formula is C52H78Cl2N10O11S2. The minimum Gasteiger partial charge on any atom is -0.497 e. The van der Waals surface area contributed by atoms with E-state index >= 15 is 0 Å². The summed E-state index contributed by atoms with van der Waals surface area (Å²) < 4.78 is 78.9. The summed E-state index contributed by atoms with van der Waals surface area (Å²) in [4.78, 5) is 39.6. The number of ether oxygens (including phenoxy) is 4. The number of hydrogen-bond acceptors (Lipinski definition) is 15. The minimum atomic E-state index is -3.72. The number of carboxylic acids is 1. The predicted octanol–water partition coefficient (Wildman–Crippen LogP) is 5.49. The van der Waals surface area contributed by atoms with E-state index in [0.29, 0.717) is 58.5 Å². The lowest BCUT2D eigenvalue weighted by Crippen LogP contribution is -2.40. The van der Waals surface area contributed by atoms with E-state index in [4.69, 9.17) is 52.2 Å². The van der Waals surface area contributed by atoms with E-state index in [-0.39, 0.29) is 48.6 Å². The standard InChI is InChI=1S/C26H38ClN5O5S.C14H21NO6S.C12H19ClN4/c1-19-14-21(36-4)15-20(2)25(19)38(34,35)29(3)12-13-37-18-24(33)31-10-11-32-23(17-31)28-22(26(32)27)16-30-8-6-5-7-9-30;1-10-7-12(20-4)8-11(2)14(10)22(18,19)15(3)5-6-21-9-13(16)17;13-12-10(9-16-5-2-1-3-6-16)15-11-8-14-4-7-17(11)12/h14-15H,5-13,16-18H2,1-4H3;7-8H,5-6,9H2,1-4H3,(H,16,17);14H,1-9H2. The maximum Gasteiger partial charge on any atom is 0.329 e. The van der Waals surface area contributed by atoms with Crippen molar-refractivity contribution >= 4 is 55.1 Å². The van der Waals surface area contributed by atoms with Crippen molar-refractivity contribution < 1.29 is 50.5 Å². The summed E-state index contributed by atoms with van der Waals surface area (Å²) in [5.41, 5.74) is 4.36. The van der Waals surface area contributed by atoms with Gasteiger partial charge in [0.05, 0.1) is 61.7 Å². The van der Waals surface area contributed by atoms with Gasteiger partial charge in [0.2, 0.25) is 26.0 Å². The molecule has 1 amide bonds. The van der Waals surface area contributed by atoms with E-state index in [9.17, 15) is 26.4 Å². The number of piperidine rings is 2. The maximum atomic E-state index is 13.2. The molecule has 77 heavy (non-hydrogen) atoms. The molecule has 428 valence electrons. The number of nitrogens with one attached hydrogen (secondary N) is 1. The zero-order valence-electron chi connectivity index (χ0n) is 45.9. The van der Waals surface area contributed by atoms with Crippen LogP contribution in [0, 0.1) is 27.7 Å². The lowest BCUT2D eigenvalue weighted by atomic mass is 10.1. The number of likely N-dealkylation sites (N-methyl/N-ethyl adjacent to an activating group) is 2. The van der Waals surface area contributed by atoms with E-state index in [1.807, 2.05) is 4.57 Å². The number of methoxy groups -OCH3 is 2. The van der Waals surface area contributed by atoms with Crippen LogP contribution in [0.3, 0.4) is 0 Å². The molecule has 0 aliphatic carbocycles. The molecule has 0 bridgehead atoms. The van der Waals surface area contributed by atoms with Crippen molar-refractivity contribution in [1.82, 2.24) is 47.7 Å². The van der Waals surface area contributed by atoms with Crippen molar-refractivity contribution in [2.24, 2.45) is 0 Å². The van der Waals surface area contributed by atoms with Crippen molar-refractivity contribution in [3.8, 4) is 11.5 Å². The number of carbonyl (C=O) groups is 2. The normalized spacial score (nSPS) is 16.3. The Hall–Kier alpha value is -4.40. The van der Waals surface area contributed by atoms with Gasteiger partial charge in [-0.15, -0.1) is 0 Å². The zero-order chi connectivity index (χ0) is 56.0. The molecule has 4 aliphatic heterocycles. The van der Waals surface area contributed by atoms with Gasteiger partial charge in [-0.1, -0.05) is 36.0 Å². The number of carbonyl (C=O) groups excluding carboxylic acids is 1. The fourth-order valence-corrected chi connectivity index (χ4v) is 13.6. The summed E-state index contributed by atoms with van der Waals surface area (Å²) in [7, 11) is -1.37. The van der Waals surface area contributed by atoms with Crippen molar-refractivity contribution in [2.75, 3.05) is 107 Å². The molecule has 4 aliphatic rings. The van der Waals surface area contributed by atoms with Crippen LogP contribution < -0.4 is 14.8 Å². The van der Waals surface area contributed by atoms with E-state index in [1.54, 1.807) is 64.0 Å². The molecule has 0 unspecified atom stereocenters. The number of nitrogens with zero attached hydrogens (tertiary/aromatic N) is 9. The summed E-state index contributed by atoms with van der Waals surface area (Å²) >= 11 is 13.0. The van der Waals surface area contributed by atoms with Crippen LogP contribution in [-0.4, -0.2) is 183 Å². The van der Waals surface area contributed by atoms with Gasteiger partial charge in [0, 0.05) is 66.5 Å². The molecule has 25 heteroatoms. The van der Waals surface area contributed by atoms with Gasteiger partial charge in [0.1, 0.15) is 46.7 Å². The lowest BCUT2D eigenvalue weighted by molar-refractivity contribution is -0.142. The number of aliphatic carboxylic acids is 1. The summed E-state index contributed by atoms with van der Waals surface area (Å²) in [6.45, 7) is 17.1. The van der Waals surface area contributed by atoms with Crippen molar-refractivity contribution in [3.63, 3.8) is 0 Å². The van der Waals surface area contributed by atoms with E-state index in [1.165, 1.54) is 77.1 Å². The molecule has 2 N–H and O–H groups in total. The largest absolute Gasteiger partial charge is 0.497 e. The molecule has 2 aromatic heterocycles. The van der Waals surface area contributed by atoms with Crippen LogP contribution in [0.25, 0.3) is 0 Å². The van der Waals surface area contributed by atoms with Crippen LogP contribution in [-0.2, 0) is 78.4 Å². The number of benzene rings is 2. The number of amides is 1. The first-order valence-electron chi connectivity index (χ1n) is 26.2. The summed E-state index contributed by atoms with van der Waals surface area (Å²) in [5.74, 6) is 1.85. The second kappa shape index (κ2) is 28.7. The molecule has 4 aromatic rings. The first-order valence-corrected chi connectivity index (χ1v) is 29.8. The van der Waals surface area contributed by atoms with Crippen LogP contribution >= 0.6 is 23.2 Å². The fourth-order valence-electron chi connectivity index (χ4n) is 9.93. The summed E-state index contributed by atoms with van der Waals surface area (Å²) in [6.07, 6.45) is 7.68. The molecule has 21 nitrogen and oxygen atoms in total. The van der Waals surface area contributed by atoms with Crippen LogP contribution in [0.4, 0.5) is 0 Å². The third-order valence-electron chi connectivity index (χ3n) is 14.0. The van der Waals surface area contributed by atoms with Crippen molar-refractivity contribution in [2.45, 2.75) is 115 Å². The van der Waals surface area contributed by atoms with Gasteiger partial charge in [0.25, 0.3) is 0 Å². The number of rotatable bonds is 20. The van der Waals surface area contributed by atoms with Gasteiger partial charge in [0.15, 0.2) is 0 Å². The topological polar surface area (TPSA) is 223 Å². The van der Waals surface area contributed by atoms with Gasteiger partial charge in [-0.25, -0.2) is 31.6 Å². The van der Waals surface area contributed by atoms with Crippen LogP contribution in [0.1, 0.15) is 83.8 Å². The first kappa shape index (κ1) is 61.8. The highest BCUT2D eigenvalue weighted by Crippen LogP contribution is 2.30. The Balaban J connectivity index is 0.000000207. The second-order valence-electron chi connectivity index (χ2n) is 19.8. The summed E-state index contributed by atoms with van der Waals surface area (Å²) in [6, 6.07) is 6.73. The van der Waals surface area contributed by atoms with Gasteiger partial charge >= 0.3 is 5.97 Å². The Labute approximate surface area is 464 Å². The molecule has 2 fully saturated rings. The molecule has 2 saturated heterocycles. The molecule has 0 radical (unpaired) electrons. The van der Waals surface area contributed by atoms with Crippen molar-refractivity contribution in [3.05, 3.63) is 79.9 Å². The number of halogens is 2. The van der Waals surface area contributed by atoms with E-state index in [2.05, 4.69) is 24.7 Å². The van der Waals surface area contributed by atoms with Gasteiger partial charge < -0.3 is 43.4 Å². The minimum absolute atomic E-state index is 0.0102. The van der Waals surface area contributed by atoms with Crippen LogP contribution in [0.2, 0.25) is 10.3 Å². The van der Waals surface area contributed by atoms with E-state index < -0.39 is 32.6 Å². The Morgan fingerprint density at radius 1 is 0.636 bits per heavy atom. The molecule has 0 spiro atoms. The average molecular weight is 1150 g/mol. The predicted molar refractivity (Wildman–Crippen MR) is 294 cm³/mol. The molecule has 6 heterocycles. The average Bonchev–Trinajstić information content (AvgIpc) is 3.91. The Kier molecular flexibility index (Phi) is 23.0. The molecular weight excluding hydrogens is 1080 g/mol. The quantitative estimate of drug-likeness (QED) is 0.105. The third kappa shape index (κ3) is 16.4. The van der Waals surface area contributed by atoms with E-state index in [0.717, 1.165) is 78.3 Å². The van der Waals surface area contributed by atoms with Gasteiger partial charge in [-0.2, -0.15) is 8.61 Å². The number of fused-ring (bicyclic) bond motifs is 2. The summed E-state index contributed by atoms with van der Waals surface area (Å²) in [5, 5.41) is 13.3. The number of sulfonamides is 2. The van der Waals surface area contributed by atoms with Crippen molar-refractivity contribution in [1.29, 1.82) is 0 Å². The number of carboxylic acid groups (broad SMARTS) is 1. The fraction of sp³-hybridized carbons (Fsp3) is 0.615. The van der Waals surface area contributed by atoms with Crippen LogP contribution in [0.15, 0.2) is 34.1 Å². The highest BCUT2D eigenvalue weighted by Gasteiger charge is 2.29. The Morgan fingerprint density at radius 3 is 1.49 bits per heavy atom. The van der Waals surface area contributed by atoms with Crippen LogP contribution in [0.5, 0.6) is 11.5 Å². The molecule has 0 saturated carbocycles. The zero-order valence-corrected chi connectivity index (χ0v) is 49.1. The first-order chi connectivity index (χ1) is 36.7. The Morgan fingerprint density at radius 2 is 1.06 bits per heavy atom. The number of aromatic nitrogens is 4.